The van der Waals surface area contributed by atoms with E-state index >= 15 is 0 Å². The van der Waals surface area contributed by atoms with E-state index in [1.165, 1.54) is 15.7 Å². The Labute approximate surface area is 118 Å². The zero-order valence-corrected chi connectivity index (χ0v) is 12.7. The summed E-state index contributed by atoms with van der Waals surface area (Å²) in [5.74, 6) is 0. The molecule has 1 heterocycles. The molecule has 0 saturated carbocycles. The van der Waals surface area contributed by atoms with Crippen molar-refractivity contribution in [1.29, 1.82) is 0 Å². The Morgan fingerprint density at radius 1 is 1.50 bits per heavy atom. The van der Waals surface area contributed by atoms with Gasteiger partial charge in [0, 0.05) is 36.4 Å². The van der Waals surface area contributed by atoms with Crippen molar-refractivity contribution in [1.82, 2.24) is 5.32 Å². The fourth-order valence-corrected chi connectivity index (χ4v) is 2.80. The Hall–Kier alpha value is -0.580. The lowest BCUT2D eigenvalue weighted by molar-refractivity contribution is 0.0821. The summed E-state index contributed by atoms with van der Waals surface area (Å²) >= 11 is 3.65. The van der Waals surface area contributed by atoms with E-state index in [0.717, 1.165) is 32.7 Å². The highest BCUT2D eigenvalue weighted by Crippen LogP contribution is 2.25. The smallest absolute Gasteiger partial charge is 0.0721 e. The zero-order chi connectivity index (χ0) is 13.0. The first kappa shape index (κ1) is 13.8. The van der Waals surface area contributed by atoms with E-state index in [9.17, 15) is 0 Å². The summed E-state index contributed by atoms with van der Waals surface area (Å²) in [6.45, 7) is 5.94. The molecule has 0 bridgehead atoms. The van der Waals surface area contributed by atoms with E-state index in [-0.39, 0.29) is 0 Å². The van der Waals surface area contributed by atoms with Gasteiger partial charge in [0.15, 0.2) is 0 Å². The van der Waals surface area contributed by atoms with E-state index in [4.69, 9.17) is 4.74 Å². The third-order valence-electron chi connectivity index (χ3n) is 3.22. The van der Waals surface area contributed by atoms with Crippen molar-refractivity contribution in [2.75, 3.05) is 31.6 Å². The maximum Gasteiger partial charge on any atom is 0.0721 e. The van der Waals surface area contributed by atoms with E-state index in [1.54, 1.807) is 0 Å². The van der Waals surface area contributed by atoms with Crippen LogP contribution in [0.1, 0.15) is 18.9 Å². The fourth-order valence-electron chi connectivity index (χ4n) is 2.30. The second-order valence-corrected chi connectivity index (χ2v) is 5.64. The molecular weight excluding hydrogens is 292 g/mol. The average Bonchev–Trinajstić information content (AvgIpc) is 2.57. The molecule has 2 rings (SSSR count). The van der Waals surface area contributed by atoms with Gasteiger partial charge in [-0.15, -0.1) is 0 Å². The number of nitrogens with zero attached hydrogens (tertiary/aromatic N) is 1. The normalized spacial score (nSPS) is 20.8. The molecule has 18 heavy (non-hydrogen) atoms. The molecule has 0 amide bonds. The molecule has 4 heteroatoms. The number of rotatable bonds is 3. The molecule has 0 aromatic heterocycles. The second-order valence-electron chi connectivity index (χ2n) is 4.79. The minimum atomic E-state index is 0.309. The molecule has 1 saturated heterocycles. The van der Waals surface area contributed by atoms with Crippen LogP contribution in [0, 0.1) is 0 Å². The highest BCUT2D eigenvalue weighted by atomic mass is 79.9. The summed E-state index contributed by atoms with van der Waals surface area (Å²) in [6.07, 6.45) is 1.41. The molecule has 1 fully saturated rings. The number of nitrogens with one attached hydrogen (secondary N) is 1. The maximum absolute atomic E-state index is 5.68. The summed E-state index contributed by atoms with van der Waals surface area (Å²) in [4.78, 5) is 2.41. The Balaban J connectivity index is 2.14. The first-order valence-electron chi connectivity index (χ1n) is 6.50. The Morgan fingerprint density at radius 2 is 2.33 bits per heavy atom. The number of hydrogen-bond donors (Lipinski definition) is 1. The van der Waals surface area contributed by atoms with Crippen molar-refractivity contribution in [3.8, 4) is 0 Å². The summed E-state index contributed by atoms with van der Waals surface area (Å²) < 4.78 is 6.86. The minimum absolute atomic E-state index is 0.309. The number of halogens is 1. The van der Waals surface area contributed by atoms with Gasteiger partial charge in [-0.05, 0) is 38.1 Å². The quantitative estimate of drug-likeness (QED) is 0.929. The number of ether oxygens (including phenoxy) is 1. The van der Waals surface area contributed by atoms with Gasteiger partial charge in [0.25, 0.3) is 0 Å². The molecule has 1 N–H and O–H groups in total. The van der Waals surface area contributed by atoms with Crippen LogP contribution in [0.5, 0.6) is 0 Å². The van der Waals surface area contributed by atoms with Gasteiger partial charge < -0.3 is 15.0 Å². The topological polar surface area (TPSA) is 24.5 Å². The van der Waals surface area contributed by atoms with Crippen LogP contribution in [0.2, 0.25) is 0 Å². The fraction of sp³-hybridized carbons (Fsp3) is 0.571. The minimum Gasteiger partial charge on any atom is -0.377 e. The van der Waals surface area contributed by atoms with Crippen molar-refractivity contribution in [3.05, 3.63) is 28.2 Å². The standard InChI is InChI=1S/C14H21BrN2O/c1-11-10-17(6-3-7-18-11)13-5-4-12(9-16-2)14(15)8-13/h4-5,8,11,16H,3,6-7,9-10H2,1-2H3. The summed E-state index contributed by atoms with van der Waals surface area (Å²) in [6, 6.07) is 6.60. The average molecular weight is 313 g/mol. The first-order chi connectivity index (χ1) is 8.70. The molecule has 1 aromatic rings. The van der Waals surface area contributed by atoms with Crippen LogP contribution in [0.15, 0.2) is 22.7 Å². The van der Waals surface area contributed by atoms with Crippen LogP contribution in [-0.4, -0.2) is 32.8 Å². The van der Waals surface area contributed by atoms with E-state index < -0.39 is 0 Å². The predicted molar refractivity (Wildman–Crippen MR) is 79.1 cm³/mol. The summed E-state index contributed by atoms with van der Waals surface area (Å²) in [5, 5.41) is 3.18. The van der Waals surface area contributed by atoms with Crippen LogP contribution in [0.4, 0.5) is 5.69 Å². The first-order valence-corrected chi connectivity index (χ1v) is 7.29. The van der Waals surface area contributed by atoms with Gasteiger partial charge in [-0.2, -0.15) is 0 Å². The van der Waals surface area contributed by atoms with Gasteiger partial charge in [-0.3, -0.25) is 0 Å². The molecule has 0 radical (unpaired) electrons. The van der Waals surface area contributed by atoms with Crippen molar-refractivity contribution in [2.24, 2.45) is 0 Å². The molecule has 1 aliphatic heterocycles. The monoisotopic (exact) mass is 312 g/mol. The van der Waals surface area contributed by atoms with Crippen LogP contribution < -0.4 is 10.2 Å². The highest BCUT2D eigenvalue weighted by Gasteiger charge is 2.16. The predicted octanol–water partition coefficient (Wildman–Crippen LogP) is 2.78. The van der Waals surface area contributed by atoms with Crippen molar-refractivity contribution < 1.29 is 4.74 Å². The molecule has 1 atom stereocenters. The lowest BCUT2D eigenvalue weighted by Gasteiger charge is -2.25. The van der Waals surface area contributed by atoms with Gasteiger partial charge in [-0.1, -0.05) is 22.0 Å². The number of hydrogen-bond acceptors (Lipinski definition) is 3. The molecule has 1 aliphatic rings. The third-order valence-corrected chi connectivity index (χ3v) is 3.96. The molecular formula is C14H21BrN2O. The van der Waals surface area contributed by atoms with Crippen molar-refractivity contribution in [2.45, 2.75) is 26.0 Å². The number of benzene rings is 1. The molecule has 1 aromatic carbocycles. The highest BCUT2D eigenvalue weighted by molar-refractivity contribution is 9.10. The van der Waals surface area contributed by atoms with Gasteiger partial charge in [0.2, 0.25) is 0 Å². The molecule has 1 unspecified atom stereocenters. The van der Waals surface area contributed by atoms with Crippen LogP contribution in [0.3, 0.4) is 0 Å². The van der Waals surface area contributed by atoms with Gasteiger partial charge >= 0.3 is 0 Å². The van der Waals surface area contributed by atoms with E-state index in [2.05, 4.69) is 51.3 Å². The SMILES string of the molecule is CNCc1ccc(N2CCCOC(C)C2)cc1Br. The molecule has 3 nitrogen and oxygen atoms in total. The largest absolute Gasteiger partial charge is 0.377 e. The van der Waals surface area contributed by atoms with Gasteiger partial charge in [-0.25, -0.2) is 0 Å². The maximum atomic E-state index is 5.68. The Bertz CT molecular complexity index is 397. The zero-order valence-electron chi connectivity index (χ0n) is 11.1. The van der Waals surface area contributed by atoms with Gasteiger partial charge in [0.05, 0.1) is 6.10 Å². The van der Waals surface area contributed by atoms with Gasteiger partial charge in [0.1, 0.15) is 0 Å². The lowest BCUT2D eigenvalue weighted by atomic mass is 10.2. The van der Waals surface area contributed by atoms with E-state index in [0.29, 0.717) is 6.10 Å². The van der Waals surface area contributed by atoms with Crippen molar-refractivity contribution in [3.63, 3.8) is 0 Å². The molecule has 100 valence electrons. The second kappa shape index (κ2) is 6.55. The summed E-state index contributed by atoms with van der Waals surface area (Å²) in [5.41, 5.74) is 2.57. The molecule has 0 aliphatic carbocycles. The van der Waals surface area contributed by atoms with Crippen molar-refractivity contribution >= 4 is 21.6 Å². The Kier molecular flexibility index (Phi) is 5.03. The third kappa shape index (κ3) is 3.46. The summed E-state index contributed by atoms with van der Waals surface area (Å²) in [7, 11) is 1.97. The van der Waals surface area contributed by atoms with Crippen LogP contribution in [0.25, 0.3) is 0 Å². The number of anilines is 1. The van der Waals surface area contributed by atoms with Crippen LogP contribution in [-0.2, 0) is 11.3 Å². The lowest BCUT2D eigenvalue weighted by Crippen LogP contribution is -2.30. The Morgan fingerprint density at radius 3 is 3.06 bits per heavy atom. The molecule has 0 spiro atoms. The van der Waals surface area contributed by atoms with Crippen LogP contribution >= 0.6 is 15.9 Å². The van der Waals surface area contributed by atoms with E-state index in [1.807, 2.05) is 7.05 Å².